The van der Waals surface area contributed by atoms with Gasteiger partial charge in [0.05, 0.1) is 21.7 Å². The van der Waals surface area contributed by atoms with Crippen LogP contribution in [0.25, 0.3) is 11.1 Å². The predicted octanol–water partition coefficient (Wildman–Crippen LogP) is 4.71. The fraction of sp³-hybridized carbons (Fsp3) is 0.0714. The number of alkyl halides is 3. The van der Waals surface area contributed by atoms with E-state index in [0.29, 0.717) is 21.2 Å². The molecule has 0 amide bonds. The van der Waals surface area contributed by atoms with Gasteiger partial charge in [0.1, 0.15) is 5.75 Å². The molecular weight excluding hydrogens is 335 g/mol. The number of phenolic OH excluding ortho intramolecular Hbond substituents is 1. The highest BCUT2D eigenvalue weighted by molar-refractivity contribution is 9.10. The summed E-state index contributed by atoms with van der Waals surface area (Å²) in [5.74, 6) is -0.122. The summed E-state index contributed by atoms with van der Waals surface area (Å²) in [6.07, 6.45) is -4.41. The van der Waals surface area contributed by atoms with Gasteiger partial charge in [-0.25, -0.2) is 0 Å². The smallest absolute Gasteiger partial charge is 0.416 e. The van der Waals surface area contributed by atoms with Gasteiger partial charge >= 0.3 is 6.18 Å². The van der Waals surface area contributed by atoms with Gasteiger partial charge in [-0.15, -0.1) is 0 Å². The van der Waals surface area contributed by atoms with Crippen LogP contribution in [0.2, 0.25) is 0 Å². The Balaban J connectivity index is 2.53. The summed E-state index contributed by atoms with van der Waals surface area (Å²) < 4.78 is 37.8. The molecule has 0 bridgehead atoms. The van der Waals surface area contributed by atoms with Gasteiger partial charge in [0.15, 0.2) is 0 Å². The fourth-order valence-corrected chi connectivity index (χ4v) is 2.18. The highest BCUT2D eigenvalue weighted by Crippen LogP contribution is 2.38. The minimum absolute atomic E-state index is 0.122. The lowest BCUT2D eigenvalue weighted by Crippen LogP contribution is -2.04. The molecule has 0 saturated carbocycles. The van der Waals surface area contributed by atoms with E-state index in [1.54, 1.807) is 0 Å². The molecule has 1 N–H and O–H groups in total. The minimum Gasteiger partial charge on any atom is -0.506 e. The van der Waals surface area contributed by atoms with Crippen LogP contribution in [-0.4, -0.2) is 5.11 Å². The minimum atomic E-state index is -4.41. The summed E-state index contributed by atoms with van der Waals surface area (Å²) >= 11 is 3.10. The lowest BCUT2D eigenvalue weighted by molar-refractivity contribution is -0.137. The lowest BCUT2D eigenvalue weighted by atomic mass is 10.0. The first-order valence-corrected chi connectivity index (χ1v) is 6.22. The van der Waals surface area contributed by atoms with Crippen molar-refractivity contribution in [2.45, 2.75) is 6.18 Å². The van der Waals surface area contributed by atoms with Crippen LogP contribution in [0.5, 0.6) is 5.75 Å². The maximum atomic E-state index is 12.5. The van der Waals surface area contributed by atoms with E-state index in [0.717, 1.165) is 12.1 Å². The summed E-state index contributed by atoms with van der Waals surface area (Å²) in [5, 5.41) is 18.8. The van der Waals surface area contributed by atoms with Crippen LogP contribution < -0.4 is 0 Å². The molecule has 0 spiro atoms. The van der Waals surface area contributed by atoms with E-state index in [1.165, 1.54) is 24.3 Å². The van der Waals surface area contributed by atoms with Gasteiger partial charge in [0.25, 0.3) is 0 Å². The lowest BCUT2D eigenvalue weighted by Gasteiger charge is -2.10. The number of aromatic hydroxyl groups is 1. The van der Waals surface area contributed by atoms with Crippen molar-refractivity contribution in [3.8, 4) is 22.9 Å². The van der Waals surface area contributed by atoms with Gasteiger partial charge < -0.3 is 5.11 Å². The number of rotatable bonds is 1. The quantitative estimate of drug-likeness (QED) is 0.816. The first-order valence-electron chi connectivity index (χ1n) is 5.43. The van der Waals surface area contributed by atoms with Crippen LogP contribution >= 0.6 is 15.9 Å². The first-order chi connectivity index (χ1) is 9.32. The first kappa shape index (κ1) is 14.4. The van der Waals surface area contributed by atoms with E-state index >= 15 is 0 Å². The predicted molar refractivity (Wildman–Crippen MR) is 71.0 cm³/mol. The number of halogens is 4. The number of nitriles is 1. The Morgan fingerprint density at radius 1 is 1.10 bits per heavy atom. The van der Waals surface area contributed by atoms with Crippen molar-refractivity contribution in [3.05, 3.63) is 52.0 Å². The zero-order valence-electron chi connectivity index (χ0n) is 9.87. The summed E-state index contributed by atoms with van der Waals surface area (Å²) in [5.41, 5.74) is 0.221. The molecule has 0 aliphatic rings. The highest BCUT2D eigenvalue weighted by atomic mass is 79.9. The van der Waals surface area contributed by atoms with Crippen LogP contribution in [-0.2, 0) is 6.18 Å². The van der Waals surface area contributed by atoms with E-state index in [2.05, 4.69) is 15.9 Å². The molecule has 20 heavy (non-hydrogen) atoms. The molecule has 0 radical (unpaired) electrons. The van der Waals surface area contributed by atoms with Crippen LogP contribution in [0, 0.1) is 11.3 Å². The zero-order chi connectivity index (χ0) is 14.9. The molecule has 0 saturated heterocycles. The van der Waals surface area contributed by atoms with Crippen molar-refractivity contribution in [1.29, 1.82) is 5.26 Å². The molecule has 2 rings (SSSR count). The van der Waals surface area contributed by atoms with Gasteiger partial charge in [-0.05, 0) is 45.8 Å². The van der Waals surface area contributed by atoms with Gasteiger partial charge in [0, 0.05) is 5.56 Å². The molecule has 0 unspecified atom stereocenters. The second-order valence-corrected chi connectivity index (χ2v) is 4.90. The summed E-state index contributed by atoms with van der Waals surface area (Å²) in [6.45, 7) is 0. The molecule has 0 atom stereocenters. The largest absolute Gasteiger partial charge is 0.506 e. The average molecular weight is 342 g/mol. The van der Waals surface area contributed by atoms with E-state index in [9.17, 15) is 18.3 Å². The summed E-state index contributed by atoms with van der Waals surface area (Å²) in [7, 11) is 0. The molecular formula is C14H7BrF3NO. The molecule has 2 aromatic rings. The Labute approximate surface area is 121 Å². The second-order valence-electron chi connectivity index (χ2n) is 4.04. The molecule has 6 heteroatoms. The summed E-state index contributed by atoms with van der Waals surface area (Å²) in [6, 6.07) is 9.15. The van der Waals surface area contributed by atoms with Gasteiger partial charge in [0.2, 0.25) is 0 Å². The van der Waals surface area contributed by atoms with Crippen molar-refractivity contribution >= 4 is 15.9 Å². The number of hydrogen-bond donors (Lipinski definition) is 1. The number of hydrogen-bond acceptors (Lipinski definition) is 2. The van der Waals surface area contributed by atoms with E-state index in [1.807, 2.05) is 6.07 Å². The Morgan fingerprint density at radius 3 is 2.20 bits per heavy atom. The molecule has 0 heterocycles. The van der Waals surface area contributed by atoms with Gasteiger partial charge in [-0.1, -0.05) is 12.1 Å². The molecule has 102 valence electrons. The van der Waals surface area contributed by atoms with Gasteiger partial charge in [-0.2, -0.15) is 18.4 Å². The second kappa shape index (κ2) is 5.17. The van der Waals surface area contributed by atoms with Gasteiger partial charge in [-0.3, -0.25) is 0 Å². The van der Waals surface area contributed by atoms with Crippen molar-refractivity contribution in [1.82, 2.24) is 0 Å². The van der Waals surface area contributed by atoms with Crippen molar-refractivity contribution in [3.63, 3.8) is 0 Å². The molecule has 2 aromatic carbocycles. The normalized spacial score (nSPS) is 11.2. The van der Waals surface area contributed by atoms with E-state index in [-0.39, 0.29) is 5.75 Å². The zero-order valence-corrected chi connectivity index (χ0v) is 11.5. The molecule has 2 nitrogen and oxygen atoms in total. The Kier molecular flexibility index (Phi) is 3.73. The van der Waals surface area contributed by atoms with Crippen molar-refractivity contribution in [2.24, 2.45) is 0 Å². The van der Waals surface area contributed by atoms with E-state index in [4.69, 9.17) is 5.26 Å². The maximum absolute atomic E-state index is 12.5. The molecule has 0 aliphatic carbocycles. The van der Waals surface area contributed by atoms with E-state index < -0.39 is 11.7 Å². The third-order valence-electron chi connectivity index (χ3n) is 2.72. The molecule has 0 fully saturated rings. The molecule has 0 aliphatic heterocycles. The van der Waals surface area contributed by atoms with Crippen LogP contribution in [0.15, 0.2) is 40.9 Å². The summed E-state index contributed by atoms with van der Waals surface area (Å²) in [4.78, 5) is 0. The standard InChI is InChI=1S/C14H7BrF3NO/c15-12-6-8(7-19)5-11(13(12)20)9-1-3-10(4-2-9)14(16,17)18/h1-6,20H. The topological polar surface area (TPSA) is 44.0 Å². The van der Waals surface area contributed by atoms with Crippen LogP contribution in [0.4, 0.5) is 13.2 Å². The fourth-order valence-electron chi connectivity index (χ4n) is 1.72. The number of phenols is 1. The number of nitrogens with zero attached hydrogens (tertiary/aromatic N) is 1. The van der Waals surface area contributed by atoms with Crippen LogP contribution in [0.3, 0.4) is 0 Å². The maximum Gasteiger partial charge on any atom is 0.416 e. The SMILES string of the molecule is N#Cc1cc(Br)c(O)c(-c2ccc(C(F)(F)F)cc2)c1. The van der Waals surface area contributed by atoms with Crippen molar-refractivity contribution in [2.75, 3.05) is 0 Å². The average Bonchev–Trinajstić information content (AvgIpc) is 2.41. The Bertz CT molecular complexity index is 687. The third kappa shape index (κ3) is 2.78. The Morgan fingerprint density at radius 2 is 1.70 bits per heavy atom. The highest BCUT2D eigenvalue weighted by Gasteiger charge is 2.30. The number of benzene rings is 2. The third-order valence-corrected chi connectivity index (χ3v) is 3.32. The van der Waals surface area contributed by atoms with Crippen LogP contribution in [0.1, 0.15) is 11.1 Å². The molecule has 0 aromatic heterocycles. The Hall–Kier alpha value is -2.00. The van der Waals surface area contributed by atoms with Crippen molar-refractivity contribution < 1.29 is 18.3 Å². The monoisotopic (exact) mass is 341 g/mol.